The Morgan fingerprint density at radius 3 is 2.51 bits per heavy atom. The molecule has 35 heavy (non-hydrogen) atoms. The van der Waals surface area contributed by atoms with Gasteiger partial charge in [-0.3, -0.25) is 9.59 Å². The number of esters is 1. The zero-order valence-electron chi connectivity index (χ0n) is 19.5. The summed E-state index contributed by atoms with van der Waals surface area (Å²) >= 11 is 1.12. The van der Waals surface area contributed by atoms with Gasteiger partial charge in [-0.15, -0.1) is 0 Å². The van der Waals surface area contributed by atoms with Crippen LogP contribution in [0.25, 0.3) is 21.0 Å². The van der Waals surface area contributed by atoms with Gasteiger partial charge in [-0.2, -0.15) is 4.99 Å². The van der Waals surface area contributed by atoms with E-state index in [1.165, 1.54) is 12.1 Å². The molecule has 0 atom stereocenters. The van der Waals surface area contributed by atoms with Crippen molar-refractivity contribution < 1.29 is 27.5 Å². The van der Waals surface area contributed by atoms with E-state index < -0.39 is 21.7 Å². The van der Waals surface area contributed by atoms with E-state index >= 15 is 0 Å². The molecule has 0 aliphatic heterocycles. The Labute approximate surface area is 206 Å². The molecule has 1 heterocycles. The highest BCUT2D eigenvalue weighted by Crippen LogP contribution is 2.29. The first-order valence-corrected chi connectivity index (χ1v) is 13.7. The number of hydrogen-bond donors (Lipinski definition) is 0. The molecule has 0 radical (unpaired) electrons. The van der Waals surface area contributed by atoms with Crippen LogP contribution in [-0.4, -0.2) is 44.3 Å². The fourth-order valence-electron chi connectivity index (χ4n) is 3.75. The minimum Gasteiger partial charge on any atom is -0.493 e. The maximum atomic E-state index is 13.5. The number of carbonyl (C=O) groups is 2. The van der Waals surface area contributed by atoms with Gasteiger partial charge in [0, 0.05) is 6.26 Å². The molecule has 4 aromatic rings. The van der Waals surface area contributed by atoms with Crippen molar-refractivity contribution in [3.8, 4) is 5.75 Å². The highest BCUT2D eigenvalue weighted by molar-refractivity contribution is 7.90. The van der Waals surface area contributed by atoms with Crippen molar-refractivity contribution in [2.24, 2.45) is 4.99 Å². The van der Waals surface area contributed by atoms with E-state index in [0.29, 0.717) is 33.5 Å². The van der Waals surface area contributed by atoms with Crippen LogP contribution in [0.5, 0.6) is 5.75 Å². The second kappa shape index (κ2) is 10.0. The number of carbonyl (C=O) groups excluding carboxylic acids is 2. The quantitative estimate of drug-likeness (QED) is 0.347. The lowest BCUT2D eigenvalue weighted by Gasteiger charge is -2.11. The van der Waals surface area contributed by atoms with Crippen molar-refractivity contribution in [3.63, 3.8) is 0 Å². The molecule has 0 N–H and O–H groups in total. The Hall–Kier alpha value is -3.50. The van der Waals surface area contributed by atoms with Gasteiger partial charge in [-0.05, 0) is 48.9 Å². The summed E-state index contributed by atoms with van der Waals surface area (Å²) in [5, 5.41) is 1.56. The molecule has 4 rings (SSSR count). The van der Waals surface area contributed by atoms with Gasteiger partial charge < -0.3 is 14.0 Å². The average Bonchev–Trinajstić information content (AvgIpc) is 3.14. The van der Waals surface area contributed by atoms with Crippen LogP contribution in [0, 0.1) is 0 Å². The third kappa shape index (κ3) is 5.13. The van der Waals surface area contributed by atoms with E-state index in [2.05, 4.69) is 4.99 Å². The number of thiazole rings is 1. The molecule has 10 heteroatoms. The summed E-state index contributed by atoms with van der Waals surface area (Å²) in [6.45, 7) is 3.94. The first kappa shape index (κ1) is 24.6. The molecular weight excluding hydrogens is 488 g/mol. The number of fused-ring (bicyclic) bond motifs is 2. The summed E-state index contributed by atoms with van der Waals surface area (Å²) in [5.41, 5.74) is 0.895. The van der Waals surface area contributed by atoms with Gasteiger partial charge in [0.1, 0.15) is 12.3 Å². The number of ether oxygens (including phenoxy) is 2. The second-order valence-corrected chi connectivity index (χ2v) is 10.7. The smallest absolute Gasteiger partial charge is 0.326 e. The standard InChI is InChI=1S/C25H24N2O6S2/c1-4-32-20-13-10-16-8-6-7-9-18(16)23(20)24(29)26-25-27(15-22(28)33-5-2)19-12-11-17(35(3,30)31)14-21(19)34-25/h6-14H,4-5,15H2,1-3H3. The molecule has 0 saturated carbocycles. The summed E-state index contributed by atoms with van der Waals surface area (Å²) < 4.78 is 37.1. The Morgan fingerprint density at radius 1 is 1.03 bits per heavy atom. The van der Waals surface area contributed by atoms with Crippen molar-refractivity contribution in [3.05, 3.63) is 65.0 Å². The number of sulfone groups is 1. The van der Waals surface area contributed by atoms with Gasteiger partial charge in [0.2, 0.25) is 0 Å². The van der Waals surface area contributed by atoms with Crippen molar-refractivity contribution in [1.82, 2.24) is 4.57 Å². The summed E-state index contributed by atoms with van der Waals surface area (Å²) in [4.78, 5) is 30.6. The van der Waals surface area contributed by atoms with Crippen LogP contribution in [0.3, 0.4) is 0 Å². The Bertz CT molecular complexity index is 1620. The monoisotopic (exact) mass is 512 g/mol. The first-order valence-electron chi connectivity index (χ1n) is 11.0. The Balaban J connectivity index is 1.94. The van der Waals surface area contributed by atoms with Gasteiger partial charge in [0.25, 0.3) is 5.91 Å². The number of rotatable bonds is 7. The van der Waals surface area contributed by atoms with Gasteiger partial charge in [0.15, 0.2) is 14.6 Å². The van der Waals surface area contributed by atoms with Crippen LogP contribution in [0.2, 0.25) is 0 Å². The molecule has 8 nitrogen and oxygen atoms in total. The Kier molecular flexibility index (Phi) is 7.04. The molecule has 0 unspecified atom stereocenters. The molecular formula is C25H24N2O6S2. The topological polar surface area (TPSA) is 104 Å². The zero-order valence-corrected chi connectivity index (χ0v) is 21.1. The van der Waals surface area contributed by atoms with Crippen molar-refractivity contribution in [2.45, 2.75) is 25.3 Å². The van der Waals surface area contributed by atoms with Crippen LogP contribution >= 0.6 is 11.3 Å². The van der Waals surface area contributed by atoms with Gasteiger partial charge in [0.05, 0.1) is 33.9 Å². The molecule has 0 spiro atoms. The number of benzene rings is 3. The number of hydrogen-bond acceptors (Lipinski definition) is 7. The molecule has 182 valence electrons. The highest BCUT2D eigenvalue weighted by Gasteiger charge is 2.19. The molecule has 0 aliphatic carbocycles. The van der Waals surface area contributed by atoms with E-state index in [-0.39, 0.29) is 22.8 Å². The zero-order chi connectivity index (χ0) is 25.2. The lowest BCUT2D eigenvalue weighted by molar-refractivity contribution is -0.143. The minimum absolute atomic E-state index is 0.139. The average molecular weight is 513 g/mol. The summed E-state index contributed by atoms with van der Waals surface area (Å²) in [5.74, 6) is -0.608. The molecule has 0 bridgehead atoms. The maximum absolute atomic E-state index is 13.5. The number of amides is 1. The summed E-state index contributed by atoms with van der Waals surface area (Å²) in [7, 11) is -3.44. The third-order valence-corrected chi connectivity index (χ3v) is 7.43. The van der Waals surface area contributed by atoms with Crippen LogP contribution in [0.4, 0.5) is 0 Å². The lowest BCUT2D eigenvalue weighted by Crippen LogP contribution is -2.23. The molecule has 0 fully saturated rings. The van der Waals surface area contributed by atoms with E-state index in [9.17, 15) is 18.0 Å². The number of nitrogens with zero attached hydrogens (tertiary/aromatic N) is 2. The van der Waals surface area contributed by atoms with Crippen molar-refractivity contribution in [2.75, 3.05) is 19.5 Å². The first-order chi connectivity index (χ1) is 16.7. The lowest BCUT2D eigenvalue weighted by atomic mass is 10.0. The largest absolute Gasteiger partial charge is 0.493 e. The fraction of sp³-hybridized carbons (Fsp3) is 0.240. The molecule has 0 aliphatic rings. The predicted molar refractivity (Wildman–Crippen MR) is 135 cm³/mol. The SMILES string of the molecule is CCOC(=O)Cn1c(=NC(=O)c2c(OCC)ccc3ccccc23)sc2cc(S(C)(=O)=O)ccc21. The second-order valence-electron chi connectivity index (χ2n) is 7.69. The fourth-order valence-corrected chi connectivity index (χ4v) is 5.54. The van der Waals surface area contributed by atoms with E-state index in [4.69, 9.17) is 9.47 Å². The normalized spacial score (nSPS) is 12.3. The summed E-state index contributed by atoms with van der Waals surface area (Å²) in [6, 6.07) is 15.7. The maximum Gasteiger partial charge on any atom is 0.326 e. The summed E-state index contributed by atoms with van der Waals surface area (Å²) in [6.07, 6.45) is 1.12. The third-order valence-electron chi connectivity index (χ3n) is 5.28. The van der Waals surface area contributed by atoms with Crippen LogP contribution in [-0.2, 0) is 25.9 Å². The van der Waals surface area contributed by atoms with Gasteiger partial charge >= 0.3 is 5.97 Å². The number of aromatic nitrogens is 1. The van der Waals surface area contributed by atoms with E-state index in [1.807, 2.05) is 37.3 Å². The highest BCUT2D eigenvalue weighted by atomic mass is 32.2. The predicted octanol–water partition coefficient (Wildman–Crippen LogP) is 3.96. The van der Waals surface area contributed by atoms with Crippen LogP contribution < -0.4 is 9.54 Å². The van der Waals surface area contributed by atoms with E-state index in [1.54, 1.807) is 23.6 Å². The molecule has 1 amide bonds. The van der Waals surface area contributed by atoms with Gasteiger partial charge in [-0.25, -0.2) is 8.42 Å². The molecule has 1 aromatic heterocycles. The minimum atomic E-state index is -3.44. The van der Waals surface area contributed by atoms with Crippen molar-refractivity contribution in [1.29, 1.82) is 0 Å². The van der Waals surface area contributed by atoms with Crippen molar-refractivity contribution >= 4 is 54.0 Å². The van der Waals surface area contributed by atoms with E-state index in [0.717, 1.165) is 23.0 Å². The molecule has 3 aromatic carbocycles. The van der Waals surface area contributed by atoms with Gasteiger partial charge in [-0.1, -0.05) is 41.7 Å². The Morgan fingerprint density at radius 2 is 1.80 bits per heavy atom. The molecule has 0 saturated heterocycles. The van der Waals surface area contributed by atoms with Crippen LogP contribution in [0.1, 0.15) is 24.2 Å². The van der Waals surface area contributed by atoms with Crippen LogP contribution in [0.15, 0.2) is 64.5 Å².